The second kappa shape index (κ2) is 10.2. The van der Waals surface area contributed by atoms with Crippen LogP contribution < -0.4 is 14.8 Å². The molecule has 0 radical (unpaired) electrons. The summed E-state index contributed by atoms with van der Waals surface area (Å²) in [7, 11) is 1.66. The molecule has 170 valence electrons. The molecule has 0 fully saturated rings. The van der Waals surface area contributed by atoms with E-state index in [0.29, 0.717) is 24.6 Å². The number of ether oxygens (including phenoxy) is 2. The number of amides is 1. The van der Waals surface area contributed by atoms with E-state index >= 15 is 0 Å². The number of anilines is 1. The first-order chi connectivity index (χ1) is 15.2. The lowest BCUT2D eigenvalue weighted by molar-refractivity contribution is -0.116. The molecule has 0 saturated carbocycles. The van der Waals surface area contributed by atoms with Gasteiger partial charge in [-0.1, -0.05) is 32.9 Å². The highest BCUT2D eigenvalue weighted by molar-refractivity contribution is 7.16. The molecule has 1 amide bonds. The molecule has 0 aliphatic rings. The third kappa shape index (κ3) is 6.10. The van der Waals surface area contributed by atoms with Crippen LogP contribution in [0.25, 0.3) is 11.3 Å². The van der Waals surface area contributed by atoms with Crippen LogP contribution in [0.4, 0.5) is 5.13 Å². The highest BCUT2D eigenvalue weighted by Crippen LogP contribution is 2.33. The number of carbonyl (C=O) groups is 1. The van der Waals surface area contributed by atoms with Crippen molar-refractivity contribution in [1.29, 1.82) is 0 Å². The van der Waals surface area contributed by atoms with Crippen LogP contribution in [-0.2, 0) is 10.2 Å². The second-order valence-corrected chi connectivity index (χ2v) is 10.1. The largest absolute Gasteiger partial charge is 0.496 e. The van der Waals surface area contributed by atoms with Crippen molar-refractivity contribution in [3.8, 4) is 22.8 Å². The summed E-state index contributed by atoms with van der Waals surface area (Å²) in [6.45, 7) is 11.1. The van der Waals surface area contributed by atoms with E-state index in [1.165, 1.54) is 16.9 Å². The highest BCUT2D eigenvalue weighted by Gasteiger charge is 2.14. The van der Waals surface area contributed by atoms with Crippen LogP contribution in [-0.4, -0.2) is 24.6 Å². The Labute approximate surface area is 194 Å². The first kappa shape index (κ1) is 23.8. The van der Waals surface area contributed by atoms with Crippen LogP contribution in [0.15, 0.2) is 42.5 Å². The van der Waals surface area contributed by atoms with Gasteiger partial charge in [0.05, 0.1) is 19.4 Å². The number of aryl methyl sites for hydroxylation is 2. The first-order valence-corrected chi connectivity index (χ1v) is 11.6. The minimum atomic E-state index is -0.0529. The van der Waals surface area contributed by atoms with Crippen molar-refractivity contribution in [2.45, 2.75) is 52.9 Å². The maximum atomic E-state index is 12.4. The van der Waals surface area contributed by atoms with Gasteiger partial charge in [0.2, 0.25) is 5.91 Å². The molecule has 0 atom stereocenters. The highest BCUT2D eigenvalue weighted by atomic mass is 32.1. The zero-order valence-electron chi connectivity index (χ0n) is 19.7. The van der Waals surface area contributed by atoms with E-state index in [4.69, 9.17) is 9.47 Å². The van der Waals surface area contributed by atoms with E-state index in [-0.39, 0.29) is 11.3 Å². The Hall–Kier alpha value is -2.86. The standard InChI is InChI=1S/C26H32N2O3S/c1-17-16-19(9-14-22(17)30-6)24-18(2)32-25(28-24)27-23(29)8-7-15-31-21-12-10-20(11-13-21)26(3,4)5/h9-14,16H,7-8,15H2,1-6H3,(H,27,28,29). The normalized spacial score (nSPS) is 11.3. The molecular weight excluding hydrogens is 420 g/mol. The molecule has 0 aliphatic heterocycles. The molecule has 1 aromatic heterocycles. The predicted molar refractivity (Wildman–Crippen MR) is 132 cm³/mol. The fourth-order valence-corrected chi connectivity index (χ4v) is 4.25. The Morgan fingerprint density at radius 1 is 1.09 bits per heavy atom. The SMILES string of the molecule is COc1ccc(-c2nc(NC(=O)CCCOc3ccc(C(C)(C)C)cc3)sc2C)cc1C. The lowest BCUT2D eigenvalue weighted by Crippen LogP contribution is -2.13. The average molecular weight is 453 g/mol. The van der Waals surface area contributed by atoms with Crippen LogP contribution in [0.2, 0.25) is 0 Å². The molecule has 3 rings (SSSR count). The third-order valence-electron chi connectivity index (χ3n) is 5.25. The fraction of sp³-hybridized carbons (Fsp3) is 0.385. The van der Waals surface area contributed by atoms with Gasteiger partial charge in [-0.25, -0.2) is 4.98 Å². The van der Waals surface area contributed by atoms with Crippen LogP contribution in [0.1, 0.15) is 49.6 Å². The topological polar surface area (TPSA) is 60.5 Å². The molecular formula is C26H32N2O3S. The molecule has 3 aromatic rings. The van der Waals surface area contributed by atoms with Crippen molar-refractivity contribution in [3.05, 3.63) is 58.5 Å². The number of carbonyl (C=O) groups excluding carboxylic acids is 1. The summed E-state index contributed by atoms with van der Waals surface area (Å²) in [5.41, 5.74) is 4.35. The van der Waals surface area contributed by atoms with E-state index in [1.807, 2.05) is 38.1 Å². The van der Waals surface area contributed by atoms with Crippen LogP contribution in [0.5, 0.6) is 11.5 Å². The van der Waals surface area contributed by atoms with Gasteiger partial charge >= 0.3 is 0 Å². The maximum Gasteiger partial charge on any atom is 0.226 e. The summed E-state index contributed by atoms with van der Waals surface area (Å²) < 4.78 is 11.1. The first-order valence-electron chi connectivity index (χ1n) is 10.8. The average Bonchev–Trinajstić information content (AvgIpc) is 3.10. The lowest BCUT2D eigenvalue weighted by atomic mass is 9.87. The van der Waals surface area contributed by atoms with Gasteiger partial charge in [0.1, 0.15) is 11.5 Å². The van der Waals surface area contributed by atoms with E-state index in [9.17, 15) is 4.79 Å². The zero-order valence-corrected chi connectivity index (χ0v) is 20.6. The van der Waals surface area contributed by atoms with Crippen molar-refractivity contribution >= 4 is 22.4 Å². The molecule has 1 N–H and O–H groups in total. The fourth-order valence-electron chi connectivity index (χ4n) is 3.40. The van der Waals surface area contributed by atoms with E-state index < -0.39 is 0 Å². The predicted octanol–water partition coefficient (Wildman–Crippen LogP) is 6.53. The van der Waals surface area contributed by atoms with Crippen molar-refractivity contribution in [1.82, 2.24) is 4.98 Å². The van der Waals surface area contributed by atoms with Gasteiger partial charge in [0.25, 0.3) is 0 Å². The second-order valence-electron chi connectivity index (χ2n) is 8.88. The van der Waals surface area contributed by atoms with Gasteiger partial charge in [-0.05, 0) is 67.1 Å². The quantitative estimate of drug-likeness (QED) is 0.395. The summed E-state index contributed by atoms with van der Waals surface area (Å²) in [4.78, 5) is 18.1. The monoisotopic (exact) mass is 452 g/mol. The van der Waals surface area contributed by atoms with E-state index in [1.54, 1.807) is 7.11 Å². The minimum absolute atomic E-state index is 0.0529. The Morgan fingerprint density at radius 2 is 1.81 bits per heavy atom. The Bertz CT molecular complexity index is 1070. The molecule has 0 bridgehead atoms. The number of nitrogens with one attached hydrogen (secondary N) is 1. The van der Waals surface area contributed by atoms with Gasteiger partial charge in [0, 0.05) is 16.9 Å². The summed E-state index contributed by atoms with van der Waals surface area (Å²) in [6.07, 6.45) is 1.03. The third-order valence-corrected chi connectivity index (χ3v) is 6.13. The van der Waals surface area contributed by atoms with Gasteiger partial charge in [-0.15, -0.1) is 11.3 Å². The van der Waals surface area contributed by atoms with Crippen molar-refractivity contribution in [3.63, 3.8) is 0 Å². The van der Waals surface area contributed by atoms with Crippen LogP contribution >= 0.6 is 11.3 Å². The number of thiazole rings is 1. The number of rotatable bonds is 8. The number of hydrogen-bond acceptors (Lipinski definition) is 5. The molecule has 0 unspecified atom stereocenters. The molecule has 6 heteroatoms. The number of nitrogens with zero attached hydrogens (tertiary/aromatic N) is 1. The molecule has 5 nitrogen and oxygen atoms in total. The van der Waals surface area contributed by atoms with E-state index in [0.717, 1.165) is 33.2 Å². The van der Waals surface area contributed by atoms with Crippen molar-refractivity contribution in [2.24, 2.45) is 0 Å². The number of methoxy groups -OCH3 is 1. The van der Waals surface area contributed by atoms with E-state index in [2.05, 4.69) is 49.3 Å². The maximum absolute atomic E-state index is 12.4. The lowest BCUT2D eigenvalue weighted by Gasteiger charge is -2.19. The summed E-state index contributed by atoms with van der Waals surface area (Å²) >= 11 is 1.49. The zero-order chi connectivity index (χ0) is 23.3. The Balaban J connectivity index is 1.49. The molecule has 0 spiro atoms. The smallest absolute Gasteiger partial charge is 0.226 e. The summed E-state index contributed by atoms with van der Waals surface area (Å²) in [5.74, 6) is 1.62. The van der Waals surface area contributed by atoms with Crippen LogP contribution in [0.3, 0.4) is 0 Å². The number of hydrogen-bond donors (Lipinski definition) is 1. The van der Waals surface area contributed by atoms with Gasteiger partial charge in [0.15, 0.2) is 5.13 Å². The Kier molecular flexibility index (Phi) is 7.56. The van der Waals surface area contributed by atoms with Crippen molar-refractivity contribution < 1.29 is 14.3 Å². The minimum Gasteiger partial charge on any atom is -0.496 e. The van der Waals surface area contributed by atoms with Gasteiger partial charge in [-0.2, -0.15) is 0 Å². The molecule has 0 aliphatic carbocycles. The number of aromatic nitrogens is 1. The Morgan fingerprint density at radius 3 is 2.44 bits per heavy atom. The summed E-state index contributed by atoms with van der Waals surface area (Å²) in [5, 5.41) is 3.54. The molecule has 1 heterocycles. The molecule has 32 heavy (non-hydrogen) atoms. The molecule has 0 saturated heterocycles. The molecule has 2 aromatic carbocycles. The van der Waals surface area contributed by atoms with Crippen LogP contribution in [0, 0.1) is 13.8 Å². The van der Waals surface area contributed by atoms with Gasteiger partial charge in [-0.3, -0.25) is 4.79 Å². The number of benzene rings is 2. The van der Waals surface area contributed by atoms with Crippen molar-refractivity contribution in [2.75, 3.05) is 19.0 Å². The summed E-state index contributed by atoms with van der Waals surface area (Å²) in [6, 6.07) is 14.1. The van der Waals surface area contributed by atoms with Gasteiger partial charge < -0.3 is 14.8 Å².